The molecule has 62 valence electrons. The first-order chi connectivity index (χ1) is 4.27. The second kappa shape index (κ2) is 3.48. The summed E-state index contributed by atoms with van der Waals surface area (Å²) in [5.74, 6) is 0.213. The van der Waals surface area contributed by atoms with Crippen LogP contribution in [0.15, 0.2) is 0 Å². The van der Waals surface area contributed by atoms with Crippen molar-refractivity contribution in [2.75, 3.05) is 5.88 Å². The van der Waals surface area contributed by atoms with E-state index in [9.17, 15) is 0 Å². The second-order valence-electron chi connectivity index (χ2n) is 2.70. The average molecular weight is 206 g/mol. The Kier molecular flexibility index (Phi) is 3.77. The molecule has 0 aromatic rings. The molecule has 0 saturated carbocycles. The first-order valence-electron chi connectivity index (χ1n) is 2.91. The Morgan fingerprint density at radius 3 is 1.70 bits per heavy atom. The number of hydrogen-bond acceptors (Lipinski definition) is 1. The van der Waals surface area contributed by atoms with Crippen LogP contribution in [-0.4, -0.2) is 16.0 Å². The van der Waals surface area contributed by atoms with E-state index < -0.39 is 10.1 Å². The first kappa shape index (κ1) is 10.8. The van der Waals surface area contributed by atoms with Crippen molar-refractivity contribution in [2.45, 2.75) is 30.9 Å². The predicted octanol–water partition coefficient (Wildman–Crippen LogP) is 3.17. The van der Waals surface area contributed by atoms with Crippen molar-refractivity contribution < 1.29 is 4.74 Å². The standard InChI is InChI=1S/C6H11Cl3O/c1-5(2,8)10-6(3,9)4-7/h4H2,1-3H3. The summed E-state index contributed by atoms with van der Waals surface area (Å²) in [6, 6.07) is 0. The maximum absolute atomic E-state index is 5.77. The molecule has 1 nitrogen and oxygen atoms in total. The Labute approximate surface area is 76.6 Å². The van der Waals surface area contributed by atoms with Crippen LogP contribution in [0, 0.1) is 0 Å². The van der Waals surface area contributed by atoms with Gasteiger partial charge in [-0.15, -0.1) is 11.6 Å². The molecular weight excluding hydrogens is 194 g/mol. The largest absolute Gasteiger partial charge is 0.338 e. The van der Waals surface area contributed by atoms with Crippen LogP contribution in [0.25, 0.3) is 0 Å². The van der Waals surface area contributed by atoms with E-state index in [1.807, 2.05) is 0 Å². The van der Waals surface area contributed by atoms with E-state index in [0.717, 1.165) is 0 Å². The average Bonchev–Trinajstić information content (AvgIpc) is 1.60. The summed E-state index contributed by atoms with van der Waals surface area (Å²) in [6.07, 6.45) is 0. The molecule has 0 N–H and O–H groups in total. The molecule has 0 aliphatic rings. The van der Waals surface area contributed by atoms with Crippen molar-refractivity contribution in [3.05, 3.63) is 0 Å². The lowest BCUT2D eigenvalue weighted by Gasteiger charge is -2.27. The van der Waals surface area contributed by atoms with Gasteiger partial charge in [-0.25, -0.2) is 0 Å². The maximum Gasteiger partial charge on any atom is 0.154 e. The minimum atomic E-state index is -0.868. The normalized spacial score (nSPS) is 18.6. The Morgan fingerprint density at radius 2 is 1.60 bits per heavy atom. The topological polar surface area (TPSA) is 9.23 Å². The van der Waals surface area contributed by atoms with Crippen LogP contribution >= 0.6 is 34.8 Å². The third-order valence-electron chi connectivity index (χ3n) is 0.694. The third-order valence-corrected chi connectivity index (χ3v) is 1.63. The Hall–Kier alpha value is 0.830. The van der Waals surface area contributed by atoms with Crippen molar-refractivity contribution in [3.8, 4) is 0 Å². The van der Waals surface area contributed by atoms with Gasteiger partial charge >= 0.3 is 0 Å². The van der Waals surface area contributed by atoms with Gasteiger partial charge in [0.1, 0.15) is 5.06 Å². The Balaban J connectivity index is 3.89. The van der Waals surface area contributed by atoms with Gasteiger partial charge in [-0.1, -0.05) is 23.2 Å². The summed E-state index contributed by atoms with van der Waals surface area (Å²) in [7, 11) is 0. The molecule has 0 amide bonds. The number of hydrogen-bond donors (Lipinski definition) is 0. The van der Waals surface area contributed by atoms with Crippen molar-refractivity contribution in [2.24, 2.45) is 0 Å². The minimum absolute atomic E-state index is 0.213. The molecule has 0 saturated heterocycles. The fraction of sp³-hybridized carbons (Fsp3) is 1.00. The van der Waals surface area contributed by atoms with Gasteiger partial charge in [-0.05, 0) is 20.8 Å². The smallest absolute Gasteiger partial charge is 0.154 e. The van der Waals surface area contributed by atoms with E-state index >= 15 is 0 Å². The number of ether oxygens (including phenoxy) is 1. The summed E-state index contributed by atoms with van der Waals surface area (Å²) in [5, 5.41) is -1.63. The highest BCUT2D eigenvalue weighted by Crippen LogP contribution is 2.27. The second-order valence-corrected chi connectivity index (χ2v) is 4.68. The fourth-order valence-electron chi connectivity index (χ4n) is 0.533. The van der Waals surface area contributed by atoms with Gasteiger partial charge in [0.25, 0.3) is 0 Å². The molecule has 0 fully saturated rings. The lowest BCUT2D eigenvalue weighted by Crippen LogP contribution is -2.32. The van der Waals surface area contributed by atoms with E-state index in [2.05, 4.69) is 0 Å². The third kappa shape index (κ3) is 5.60. The van der Waals surface area contributed by atoms with Crippen LogP contribution < -0.4 is 0 Å². The van der Waals surface area contributed by atoms with Gasteiger partial charge in [0.05, 0.1) is 5.88 Å². The molecule has 4 heteroatoms. The molecule has 1 unspecified atom stereocenters. The van der Waals surface area contributed by atoms with Crippen molar-refractivity contribution in [3.63, 3.8) is 0 Å². The highest BCUT2D eigenvalue weighted by Gasteiger charge is 2.28. The van der Waals surface area contributed by atoms with Gasteiger partial charge in [-0.2, -0.15) is 0 Å². The van der Waals surface area contributed by atoms with Gasteiger partial charge in [0.15, 0.2) is 5.06 Å². The van der Waals surface area contributed by atoms with Crippen LogP contribution in [0.3, 0.4) is 0 Å². The molecule has 0 bridgehead atoms. The van der Waals surface area contributed by atoms with E-state index in [4.69, 9.17) is 39.5 Å². The van der Waals surface area contributed by atoms with E-state index in [0.29, 0.717) is 0 Å². The van der Waals surface area contributed by atoms with Crippen molar-refractivity contribution in [1.29, 1.82) is 0 Å². The van der Waals surface area contributed by atoms with E-state index in [1.54, 1.807) is 20.8 Å². The molecule has 10 heavy (non-hydrogen) atoms. The molecular formula is C6H11Cl3O. The molecule has 0 aromatic heterocycles. The molecule has 0 aromatic carbocycles. The highest BCUT2D eigenvalue weighted by atomic mass is 35.5. The number of alkyl halides is 3. The lowest BCUT2D eigenvalue weighted by atomic mass is 10.4. The molecule has 0 radical (unpaired) electrons. The molecule has 0 aliphatic carbocycles. The number of rotatable bonds is 3. The maximum atomic E-state index is 5.77. The molecule has 0 aliphatic heterocycles. The van der Waals surface area contributed by atoms with Gasteiger partial charge in [0, 0.05) is 0 Å². The SMILES string of the molecule is CC(C)(Cl)OC(C)(Cl)CCl. The zero-order chi connectivity index (χ0) is 8.41. The quantitative estimate of drug-likeness (QED) is 0.643. The van der Waals surface area contributed by atoms with Crippen LogP contribution in [0.2, 0.25) is 0 Å². The summed E-state index contributed by atoms with van der Waals surface area (Å²) in [5.41, 5.74) is 0. The van der Waals surface area contributed by atoms with Crippen LogP contribution in [0.5, 0.6) is 0 Å². The summed E-state index contributed by atoms with van der Waals surface area (Å²) in [6.45, 7) is 5.09. The lowest BCUT2D eigenvalue weighted by molar-refractivity contribution is -0.0240. The monoisotopic (exact) mass is 204 g/mol. The van der Waals surface area contributed by atoms with Crippen LogP contribution in [0.4, 0.5) is 0 Å². The zero-order valence-corrected chi connectivity index (χ0v) is 8.52. The van der Waals surface area contributed by atoms with Crippen molar-refractivity contribution >= 4 is 34.8 Å². The predicted molar refractivity (Wildman–Crippen MR) is 46.0 cm³/mol. The zero-order valence-electron chi connectivity index (χ0n) is 6.25. The fourth-order valence-corrected chi connectivity index (χ4v) is 0.991. The summed E-state index contributed by atoms with van der Waals surface area (Å²) in [4.78, 5) is 0. The van der Waals surface area contributed by atoms with E-state index in [1.165, 1.54) is 0 Å². The van der Waals surface area contributed by atoms with Crippen molar-refractivity contribution in [1.82, 2.24) is 0 Å². The van der Waals surface area contributed by atoms with Crippen LogP contribution in [0.1, 0.15) is 20.8 Å². The Morgan fingerprint density at radius 1 is 1.20 bits per heavy atom. The molecule has 0 heterocycles. The highest BCUT2D eigenvalue weighted by molar-refractivity contribution is 6.30. The minimum Gasteiger partial charge on any atom is -0.338 e. The molecule has 1 atom stereocenters. The molecule has 0 spiro atoms. The Bertz CT molecular complexity index is 106. The van der Waals surface area contributed by atoms with Gasteiger partial charge in [-0.3, -0.25) is 0 Å². The van der Waals surface area contributed by atoms with Crippen LogP contribution in [-0.2, 0) is 4.74 Å². The molecule has 0 rings (SSSR count). The summed E-state index contributed by atoms with van der Waals surface area (Å²) >= 11 is 17.0. The summed E-state index contributed by atoms with van der Waals surface area (Å²) < 4.78 is 5.17. The first-order valence-corrected chi connectivity index (χ1v) is 4.20. The van der Waals surface area contributed by atoms with Gasteiger partial charge in [0.2, 0.25) is 0 Å². The number of halogens is 3. The van der Waals surface area contributed by atoms with E-state index in [-0.39, 0.29) is 5.88 Å². The van der Waals surface area contributed by atoms with Gasteiger partial charge < -0.3 is 4.74 Å².